The molecule has 1 aromatic rings. The number of ether oxygens (including phenoxy) is 1. The maximum atomic E-state index is 6.18. The van der Waals surface area contributed by atoms with Crippen LogP contribution in [-0.2, 0) is 0 Å². The summed E-state index contributed by atoms with van der Waals surface area (Å²) in [5.74, 6) is 0.946. The summed E-state index contributed by atoms with van der Waals surface area (Å²) in [6, 6.07) is 4.45. The first kappa shape index (κ1) is 11.7. The highest BCUT2D eigenvalue weighted by atomic mass is 35.5. The Hall–Kier alpha value is -0.730. The molecule has 0 spiro atoms. The Morgan fingerprint density at radius 2 is 2.19 bits per heavy atom. The SMILES string of the molecule is COc1cc(C)c(Cl)cc1C1CCCCN1. The second-order valence-corrected chi connectivity index (χ2v) is 4.75. The Morgan fingerprint density at radius 3 is 2.81 bits per heavy atom. The topological polar surface area (TPSA) is 21.3 Å². The van der Waals surface area contributed by atoms with E-state index in [9.17, 15) is 0 Å². The van der Waals surface area contributed by atoms with Crippen LogP contribution >= 0.6 is 11.6 Å². The third kappa shape index (κ3) is 2.33. The molecule has 0 radical (unpaired) electrons. The number of hydrogen-bond donors (Lipinski definition) is 1. The lowest BCUT2D eigenvalue weighted by Gasteiger charge is -2.25. The van der Waals surface area contributed by atoms with Crippen molar-refractivity contribution in [3.05, 3.63) is 28.3 Å². The van der Waals surface area contributed by atoms with Gasteiger partial charge in [0.15, 0.2) is 0 Å². The van der Waals surface area contributed by atoms with E-state index in [1.807, 2.05) is 19.1 Å². The van der Waals surface area contributed by atoms with Crippen molar-refractivity contribution in [2.24, 2.45) is 0 Å². The van der Waals surface area contributed by atoms with Crippen molar-refractivity contribution in [2.75, 3.05) is 13.7 Å². The van der Waals surface area contributed by atoms with Crippen LogP contribution in [0.1, 0.15) is 36.4 Å². The van der Waals surface area contributed by atoms with Gasteiger partial charge in [-0.2, -0.15) is 0 Å². The minimum Gasteiger partial charge on any atom is -0.496 e. The number of hydrogen-bond acceptors (Lipinski definition) is 2. The Labute approximate surface area is 102 Å². The molecular formula is C13H18ClNO. The fourth-order valence-electron chi connectivity index (χ4n) is 2.24. The molecule has 0 aromatic heterocycles. The number of benzene rings is 1. The molecule has 1 fully saturated rings. The molecule has 0 aliphatic carbocycles. The first-order valence-electron chi connectivity index (χ1n) is 5.80. The molecule has 16 heavy (non-hydrogen) atoms. The van der Waals surface area contributed by atoms with Crippen molar-refractivity contribution >= 4 is 11.6 Å². The van der Waals surface area contributed by atoms with Crippen molar-refractivity contribution in [1.29, 1.82) is 0 Å². The molecule has 0 amide bonds. The number of methoxy groups -OCH3 is 1. The van der Waals surface area contributed by atoms with Gasteiger partial charge in [0.2, 0.25) is 0 Å². The number of nitrogens with one attached hydrogen (secondary N) is 1. The molecule has 1 atom stereocenters. The van der Waals surface area contributed by atoms with Crippen LogP contribution in [0.2, 0.25) is 5.02 Å². The normalized spacial score (nSPS) is 20.8. The number of aryl methyl sites for hydroxylation is 1. The Kier molecular flexibility index (Phi) is 3.72. The third-order valence-electron chi connectivity index (χ3n) is 3.20. The lowest BCUT2D eigenvalue weighted by molar-refractivity contribution is 0.373. The smallest absolute Gasteiger partial charge is 0.124 e. The number of rotatable bonds is 2. The van der Waals surface area contributed by atoms with Gasteiger partial charge in [-0.1, -0.05) is 18.0 Å². The van der Waals surface area contributed by atoms with Crippen molar-refractivity contribution in [1.82, 2.24) is 5.32 Å². The zero-order valence-electron chi connectivity index (χ0n) is 9.85. The molecule has 3 heteroatoms. The predicted octanol–water partition coefficient (Wildman–Crippen LogP) is 3.47. The highest BCUT2D eigenvalue weighted by Gasteiger charge is 2.19. The van der Waals surface area contributed by atoms with Gasteiger partial charge in [0.1, 0.15) is 5.75 Å². The third-order valence-corrected chi connectivity index (χ3v) is 3.60. The molecule has 0 bridgehead atoms. The second-order valence-electron chi connectivity index (χ2n) is 4.35. The molecule has 1 unspecified atom stereocenters. The summed E-state index contributed by atoms with van der Waals surface area (Å²) in [5.41, 5.74) is 2.26. The molecule has 88 valence electrons. The van der Waals surface area contributed by atoms with Gasteiger partial charge < -0.3 is 10.1 Å². The van der Waals surface area contributed by atoms with Crippen LogP contribution in [0.25, 0.3) is 0 Å². The summed E-state index contributed by atoms with van der Waals surface area (Å²) in [4.78, 5) is 0. The number of halogens is 1. The summed E-state index contributed by atoms with van der Waals surface area (Å²) in [7, 11) is 1.72. The highest BCUT2D eigenvalue weighted by Crippen LogP contribution is 2.34. The van der Waals surface area contributed by atoms with Crippen LogP contribution in [0.15, 0.2) is 12.1 Å². The largest absolute Gasteiger partial charge is 0.496 e. The number of piperidine rings is 1. The maximum Gasteiger partial charge on any atom is 0.124 e. The van der Waals surface area contributed by atoms with E-state index in [1.165, 1.54) is 18.4 Å². The predicted molar refractivity (Wildman–Crippen MR) is 67.3 cm³/mol. The summed E-state index contributed by atoms with van der Waals surface area (Å²) >= 11 is 6.18. The van der Waals surface area contributed by atoms with E-state index < -0.39 is 0 Å². The van der Waals surface area contributed by atoms with Gasteiger partial charge in [0.25, 0.3) is 0 Å². The molecule has 1 saturated heterocycles. The minimum absolute atomic E-state index is 0.391. The van der Waals surface area contributed by atoms with Gasteiger partial charge in [-0.25, -0.2) is 0 Å². The fraction of sp³-hybridized carbons (Fsp3) is 0.538. The van der Waals surface area contributed by atoms with E-state index in [0.717, 1.165) is 29.3 Å². The van der Waals surface area contributed by atoms with Gasteiger partial charge >= 0.3 is 0 Å². The van der Waals surface area contributed by atoms with E-state index in [-0.39, 0.29) is 0 Å². The van der Waals surface area contributed by atoms with Gasteiger partial charge in [-0.3, -0.25) is 0 Å². The summed E-state index contributed by atoms with van der Waals surface area (Å²) in [6.07, 6.45) is 3.69. The quantitative estimate of drug-likeness (QED) is 0.853. The van der Waals surface area contributed by atoms with E-state index in [2.05, 4.69) is 5.32 Å². The van der Waals surface area contributed by atoms with Gasteiger partial charge in [-0.15, -0.1) is 0 Å². The molecular weight excluding hydrogens is 222 g/mol. The van der Waals surface area contributed by atoms with Gasteiger partial charge in [0.05, 0.1) is 7.11 Å². The second kappa shape index (κ2) is 5.07. The molecule has 1 N–H and O–H groups in total. The Morgan fingerprint density at radius 1 is 1.38 bits per heavy atom. The Balaban J connectivity index is 2.33. The zero-order valence-corrected chi connectivity index (χ0v) is 10.6. The highest BCUT2D eigenvalue weighted by molar-refractivity contribution is 6.31. The van der Waals surface area contributed by atoms with Crippen molar-refractivity contribution < 1.29 is 4.74 Å². The standard InChI is InChI=1S/C13H18ClNO/c1-9-7-13(16-2)10(8-11(9)14)12-5-3-4-6-15-12/h7-8,12,15H,3-6H2,1-2H3. The molecule has 1 aromatic carbocycles. The average Bonchev–Trinajstić information content (AvgIpc) is 2.33. The first-order valence-corrected chi connectivity index (χ1v) is 6.17. The Bertz CT molecular complexity index is 372. The lowest BCUT2D eigenvalue weighted by atomic mass is 9.96. The van der Waals surface area contributed by atoms with E-state index >= 15 is 0 Å². The average molecular weight is 240 g/mol. The fourth-order valence-corrected chi connectivity index (χ4v) is 2.41. The van der Waals surface area contributed by atoms with Gasteiger partial charge in [0, 0.05) is 16.6 Å². The maximum absolute atomic E-state index is 6.18. The molecule has 2 nitrogen and oxygen atoms in total. The summed E-state index contributed by atoms with van der Waals surface area (Å²) in [5, 5.41) is 4.34. The lowest BCUT2D eigenvalue weighted by Crippen LogP contribution is -2.27. The monoisotopic (exact) mass is 239 g/mol. The van der Waals surface area contributed by atoms with Gasteiger partial charge in [-0.05, 0) is 44.0 Å². The minimum atomic E-state index is 0.391. The van der Waals surface area contributed by atoms with E-state index in [0.29, 0.717) is 6.04 Å². The van der Waals surface area contributed by atoms with Crippen LogP contribution in [0.5, 0.6) is 5.75 Å². The van der Waals surface area contributed by atoms with Crippen LogP contribution < -0.4 is 10.1 Å². The van der Waals surface area contributed by atoms with Crippen molar-refractivity contribution in [2.45, 2.75) is 32.2 Å². The van der Waals surface area contributed by atoms with Crippen LogP contribution in [0, 0.1) is 6.92 Å². The van der Waals surface area contributed by atoms with Crippen molar-refractivity contribution in [3.63, 3.8) is 0 Å². The van der Waals surface area contributed by atoms with Crippen LogP contribution in [0.3, 0.4) is 0 Å². The molecule has 1 aliphatic rings. The van der Waals surface area contributed by atoms with Crippen LogP contribution in [-0.4, -0.2) is 13.7 Å². The zero-order chi connectivity index (χ0) is 11.5. The molecule has 1 heterocycles. The van der Waals surface area contributed by atoms with Crippen molar-refractivity contribution in [3.8, 4) is 5.75 Å². The summed E-state index contributed by atoms with van der Waals surface area (Å²) in [6.45, 7) is 3.09. The summed E-state index contributed by atoms with van der Waals surface area (Å²) < 4.78 is 5.44. The van der Waals surface area contributed by atoms with Crippen LogP contribution in [0.4, 0.5) is 0 Å². The molecule has 2 rings (SSSR count). The molecule has 1 aliphatic heterocycles. The van der Waals surface area contributed by atoms with E-state index in [1.54, 1.807) is 7.11 Å². The first-order chi connectivity index (χ1) is 7.72. The van der Waals surface area contributed by atoms with E-state index in [4.69, 9.17) is 16.3 Å². The molecule has 0 saturated carbocycles.